The number of aromatic nitrogens is 6. The predicted octanol–water partition coefficient (Wildman–Crippen LogP) is 1.47. The van der Waals surface area contributed by atoms with E-state index in [9.17, 15) is 0 Å². The maximum absolute atomic E-state index is 5.89. The van der Waals surface area contributed by atoms with Gasteiger partial charge in [0.1, 0.15) is 23.4 Å². The number of rotatable bonds is 6. The van der Waals surface area contributed by atoms with Gasteiger partial charge in [0.15, 0.2) is 5.82 Å². The van der Waals surface area contributed by atoms with Gasteiger partial charge in [0.2, 0.25) is 0 Å². The average molecular weight is 339 g/mol. The van der Waals surface area contributed by atoms with Gasteiger partial charge < -0.3 is 14.6 Å². The van der Waals surface area contributed by atoms with Crippen molar-refractivity contribution in [2.75, 3.05) is 13.2 Å². The van der Waals surface area contributed by atoms with Gasteiger partial charge in [-0.2, -0.15) is 5.10 Å². The van der Waals surface area contributed by atoms with E-state index in [0.29, 0.717) is 18.3 Å². The van der Waals surface area contributed by atoms with Crippen LogP contribution in [0, 0.1) is 5.92 Å². The number of nitrogens with zero attached hydrogens (tertiary/aromatic N) is 5. The number of pyridine rings is 1. The molecule has 130 valence electrons. The van der Waals surface area contributed by atoms with Crippen LogP contribution in [0.4, 0.5) is 0 Å². The smallest absolute Gasteiger partial charge is 0.199 e. The van der Waals surface area contributed by atoms with Crippen LogP contribution in [0.1, 0.15) is 24.2 Å². The molecule has 0 aliphatic carbocycles. The van der Waals surface area contributed by atoms with Crippen molar-refractivity contribution in [2.45, 2.75) is 19.1 Å². The molecule has 3 aromatic heterocycles. The zero-order chi connectivity index (χ0) is 17.1. The molecular weight excluding hydrogens is 318 g/mol. The van der Waals surface area contributed by atoms with Gasteiger partial charge in [0.05, 0.1) is 6.54 Å². The lowest BCUT2D eigenvalue weighted by molar-refractivity contribution is 0.0810. The molecule has 1 fully saturated rings. The molecular formula is C17H21N7O. The van der Waals surface area contributed by atoms with Gasteiger partial charge in [0, 0.05) is 44.7 Å². The Balaban J connectivity index is 1.33. The monoisotopic (exact) mass is 339 g/mol. The van der Waals surface area contributed by atoms with Crippen LogP contribution in [-0.4, -0.2) is 42.9 Å². The number of nitrogens with one attached hydrogen (secondary N) is 2. The highest BCUT2D eigenvalue weighted by molar-refractivity contribution is 5.47. The summed E-state index contributed by atoms with van der Waals surface area (Å²) >= 11 is 0. The molecule has 0 aromatic carbocycles. The lowest BCUT2D eigenvalue weighted by Crippen LogP contribution is -2.26. The average Bonchev–Trinajstić information content (AvgIpc) is 3.37. The van der Waals surface area contributed by atoms with E-state index in [-0.39, 0.29) is 6.10 Å². The van der Waals surface area contributed by atoms with Crippen LogP contribution in [0.15, 0.2) is 36.8 Å². The molecule has 0 amide bonds. The maximum Gasteiger partial charge on any atom is 0.199 e. The molecule has 1 aliphatic rings. The van der Waals surface area contributed by atoms with Crippen molar-refractivity contribution in [3.63, 3.8) is 0 Å². The first kappa shape index (κ1) is 15.9. The van der Waals surface area contributed by atoms with E-state index in [2.05, 4.69) is 30.5 Å². The highest BCUT2D eigenvalue weighted by Gasteiger charge is 2.32. The van der Waals surface area contributed by atoms with Crippen LogP contribution in [0.5, 0.6) is 0 Å². The summed E-state index contributed by atoms with van der Waals surface area (Å²) in [5, 5.41) is 10.6. The summed E-state index contributed by atoms with van der Waals surface area (Å²) in [5.41, 5.74) is 0.768. The minimum absolute atomic E-state index is 0.0475. The normalized spacial score (nSPS) is 20.2. The molecule has 4 rings (SSSR count). The van der Waals surface area contributed by atoms with Gasteiger partial charge in [-0.15, -0.1) is 0 Å². The van der Waals surface area contributed by atoms with E-state index in [1.807, 2.05) is 42.2 Å². The molecule has 2 N–H and O–H groups in total. The van der Waals surface area contributed by atoms with Crippen LogP contribution in [0.25, 0.3) is 11.5 Å². The third-order valence-electron chi connectivity index (χ3n) is 4.45. The van der Waals surface area contributed by atoms with Gasteiger partial charge in [-0.3, -0.25) is 10.1 Å². The number of H-pyrrole nitrogens is 1. The van der Waals surface area contributed by atoms with Crippen molar-refractivity contribution in [3.05, 3.63) is 48.4 Å². The van der Waals surface area contributed by atoms with Crippen LogP contribution in [0.2, 0.25) is 0 Å². The molecule has 0 saturated carbocycles. The predicted molar refractivity (Wildman–Crippen MR) is 91.3 cm³/mol. The summed E-state index contributed by atoms with van der Waals surface area (Å²) in [7, 11) is 2.00. The SMILES string of the molecule is Cn1ccnc1[C@@H]1OCC[C@H]1CNCc1nc(-c2ccccn2)n[nH]1. The Kier molecular flexibility index (Phi) is 4.53. The van der Waals surface area contributed by atoms with E-state index >= 15 is 0 Å². The molecule has 4 heterocycles. The Morgan fingerprint density at radius 1 is 1.32 bits per heavy atom. The minimum Gasteiger partial charge on any atom is -0.370 e. The van der Waals surface area contributed by atoms with Gasteiger partial charge in [0.25, 0.3) is 0 Å². The first-order valence-corrected chi connectivity index (χ1v) is 8.43. The number of ether oxygens (including phenoxy) is 1. The maximum atomic E-state index is 5.89. The van der Waals surface area contributed by atoms with Crippen molar-refractivity contribution in [1.82, 2.24) is 35.0 Å². The van der Waals surface area contributed by atoms with Crippen molar-refractivity contribution >= 4 is 0 Å². The fourth-order valence-corrected chi connectivity index (χ4v) is 3.14. The number of imidazole rings is 1. The topological polar surface area (TPSA) is 93.5 Å². The molecule has 2 atom stereocenters. The third kappa shape index (κ3) is 3.45. The molecule has 0 bridgehead atoms. The molecule has 0 unspecified atom stereocenters. The second kappa shape index (κ2) is 7.12. The Morgan fingerprint density at radius 3 is 3.08 bits per heavy atom. The first-order valence-electron chi connectivity index (χ1n) is 8.43. The first-order chi connectivity index (χ1) is 12.3. The second-order valence-electron chi connectivity index (χ2n) is 6.19. The molecule has 0 spiro atoms. The zero-order valence-corrected chi connectivity index (χ0v) is 14.1. The number of aryl methyl sites for hydroxylation is 1. The molecule has 8 heteroatoms. The highest BCUT2D eigenvalue weighted by atomic mass is 16.5. The lowest BCUT2D eigenvalue weighted by atomic mass is 10.0. The third-order valence-corrected chi connectivity index (χ3v) is 4.45. The molecule has 0 radical (unpaired) electrons. The molecule has 25 heavy (non-hydrogen) atoms. The Morgan fingerprint density at radius 2 is 2.28 bits per heavy atom. The van der Waals surface area contributed by atoms with Crippen molar-refractivity contribution in [3.8, 4) is 11.5 Å². The van der Waals surface area contributed by atoms with Crippen LogP contribution >= 0.6 is 0 Å². The molecule has 1 aliphatic heterocycles. The van der Waals surface area contributed by atoms with Gasteiger partial charge in [-0.05, 0) is 18.6 Å². The van der Waals surface area contributed by atoms with Crippen molar-refractivity contribution in [1.29, 1.82) is 0 Å². The Labute approximate surface area is 145 Å². The Hall–Kier alpha value is -2.58. The molecule has 8 nitrogen and oxygen atoms in total. The van der Waals surface area contributed by atoms with Gasteiger partial charge in [-0.1, -0.05) is 6.07 Å². The van der Waals surface area contributed by atoms with E-state index < -0.39 is 0 Å². The van der Waals surface area contributed by atoms with Crippen molar-refractivity contribution < 1.29 is 4.74 Å². The Bertz CT molecular complexity index is 813. The van der Waals surface area contributed by atoms with Crippen molar-refractivity contribution in [2.24, 2.45) is 13.0 Å². The summed E-state index contributed by atoms with van der Waals surface area (Å²) in [6.07, 6.45) is 6.58. The fraction of sp³-hybridized carbons (Fsp3) is 0.412. The summed E-state index contributed by atoms with van der Waals surface area (Å²) in [6.45, 7) is 2.25. The number of hydrogen-bond acceptors (Lipinski definition) is 6. The fourth-order valence-electron chi connectivity index (χ4n) is 3.14. The quantitative estimate of drug-likeness (QED) is 0.706. The number of hydrogen-bond donors (Lipinski definition) is 2. The van der Waals surface area contributed by atoms with E-state index in [4.69, 9.17) is 4.74 Å². The van der Waals surface area contributed by atoms with E-state index in [1.54, 1.807) is 6.20 Å². The highest BCUT2D eigenvalue weighted by Crippen LogP contribution is 2.32. The number of aromatic amines is 1. The van der Waals surface area contributed by atoms with Crippen LogP contribution in [0.3, 0.4) is 0 Å². The van der Waals surface area contributed by atoms with Crippen LogP contribution < -0.4 is 5.32 Å². The van der Waals surface area contributed by atoms with E-state index in [0.717, 1.165) is 36.9 Å². The molecule has 3 aromatic rings. The minimum atomic E-state index is 0.0475. The standard InChI is InChI=1S/C17H21N7O/c1-24-8-7-20-17(24)15-12(5-9-25-15)10-18-11-14-21-16(23-22-14)13-4-2-3-6-19-13/h2-4,6-8,12,15,18H,5,9-11H2,1H3,(H,21,22,23)/t12-,15+/m0/s1. The van der Waals surface area contributed by atoms with E-state index in [1.165, 1.54) is 0 Å². The summed E-state index contributed by atoms with van der Waals surface area (Å²) in [4.78, 5) is 13.2. The second-order valence-corrected chi connectivity index (χ2v) is 6.19. The summed E-state index contributed by atoms with van der Waals surface area (Å²) < 4.78 is 7.91. The summed E-state index contributed by atoms with van der Waals surface area (Å²) in [6, 6.07) is 5.70. The van der Waals surface area contributed by atoms with Gasteiger partial charge in [-0.25, -0.2) is 9.97 Å². The largest absolute Gasteiger partial charge is 0.370 e. The molecule has 1 saturated heterocycles. The lowest BCUT2D eigenvalue weighted by Gasteiger charge is -2.18. The van der Waals surface area contributed by atoms with Gasteiger partial charge >= 0.3 is 0 Å². The summed E-state index contributed by atoms with van der Waals surface area (Å²) in [5.74, 6) is 2.81. The van der Waals surface area contributed by atoms with Crippen LogP contribution in [-0.2, 0) is 18.3 Å². The zero-order valence-electron chi connectivity index (χ0n) is 14.1.